The minimum atomic E-state index is -4.46. The molecule has 2 aliphatic rings. The molecule has 0 radical (unpaired) electrons. The van der Waals surface area contributed by atoms with E-state index in [0.29, 0.717) is 17.4 Å². The van der Waals surface area contributed by atoms with E-state index in [9.17, 15) is 18.0 Å². The Morgan fingerprint density at radius 1 is 1.24 bits per heavy atom. The quantitative estimate of drug-likeness (QED) is 0.865. The topological polar surface area (TPSA) is 73.0 Å². The highest BCUT2D eigenvalue weighted by Crippen LogP contribution is 2.42. The molecule has 1 N–H and O–H groups in total. The lowest BCUT2D eigenvalue weighted by atomic mass is 10.2. The van der Waals surface area contributed by atoms with Crippen molar-refractivity contribution in [3.05, 3.63) is 35.0 Å². The first kappa shape index (κ1) is 16.2. The molecule has 2 aromatic rings. The molecule has 25 heavy (non-hydrogen) atoms. The van der Waals surface area contributed by atoms with E-state index in [-0.39, 0.29) is 24.7 Å². The molecule has 0 atom stereocenters. The zero-order chi connectivity index (χ0) is 17.6. The maximum Gasteiger partial charge on any atom is 0.435 e. The molecule has 2 heterocycles. The number of alkyl halides is 3. The average molecular weight is 354 g/mol. The number of rotatable bonds is 6. The van der Waals surface area contributed by atoms with Gasteiger partial charge in [-0.1, -0.05) is 5.16 Å². The van der Waals surface area contributed by atoms with Gasteiger partial charge in [0, 0.05) is 30.1 Å². The zero-order valence-electron chi connectivity index (χ0n) is 13.3. The fraction of sp³-hybridized carbons (Fsp3) is 0.562. The number of aromatic nitrogens is 3. The fourth-order valence-corrected chi connectivity index (χ4v) is 2.78. The molecule has 1 amide bonds. The Labute approximate surface area is 141 Å². The lowest BCUT2D eigenvalue weighted by Crippen LogP contribution is -2.28. The maximum atomic E-state index is 12.8. The Morgan fingerprint density at radius 3 is 2.60 bits per heavy atom. The molecule has 134 valence electrons. The normalized spacial score (nSPS) is 17.7. The van der Waals surface area contributed by atoms with Crippen LogP contribution >= 0.6 is 0 Å². The summed E-state index contributed by atoms with van der Waals surface area (Å²) >= 11 is 0. The van der Waals surface area contributed by atoms with Crippen LogP contribution in [-0.2, 0) is 12.7 Å². The summed E-state index contributed by atoms with van der Waals surface area (Å²) in [7, 11) is 0. The van der Waals surface area contributed by atoms with Gasteiger partial charge in [-0.2, -0.15) is 18.3 Å². The minimum Gasteiger partial charge on any atom is -0.360 e. The van der Waals surface area contributed by atoms with Crippen molar-refractivity contribution in [2.24, 2.45) is 0 Å². The Kier molecular flexibility index (Phi) is 3.81. The molecule has 2 saturated carbocycles. The summed E-state index contributed by atoms with van der Waals surface area (Å²) in [6, 6.07) is 2.73. The van der Waals surface area contributed by atoms with Crippen LogP contribution in [0.2, 0.25) is 0 Å². The monoisotopic (exact) mass is 354 g/mol. The number of hydrogen-bond acceptors (Lipinski definition) is 4. The van der Waals surface area contributed by atoms with Crippen molar-refractivity contribution in [1.29, 1.82) is 0 Å². The van der Waals surface area contributed by atoms with E-state index >= 15 is 0 Å². The maximum absolute atomic E-state index is 12.8. The first-order valence-corrected chi connectivity index (χ1v) is 8.31. The van der Waals surface area contributed by atoms with Crippen molar-refractivity contribution in [2.75, 3.05) is 6.54 Å². The lowest BCUT2D eigenvalue weighted by Gasteiger charge is -2.07. The van der Waals surface area contributed by atoms with Gasteiger partial charge >= 0.3 is 6.18 Å². The van der Waals surface area contributed by atoms with Crippen LogP contribution in [-0.4, -0.2) is 27.4 Å². The Hall–Kier alpha value is -2.32. The molecule has 0 saturated heterocycles. The van der Waals surface area contributed by atoms with Crippen LogP contribution in [0.1, 0.15) is 65.2 Å². The number of hydrogen-bond donors (Lipinski definition) is 1. The van der Waals surface area contributed by atoms with Gasteiger partial charge in [0.25, 0.3) is 5.91 Å². The van der Waals surface area contributed by atoms with Crippen molar-refractivity contribution < 1.29 is 22.5 Å². The predicted octanol–water partition coefficient (Wildman–Crippen LogP) is 3.07. The van der Waals surface area contributed by atoms with E-state index in [1.807, 2.05) is 0 Å². The van der Waals surface area contributed by atoms with Gasteiger partial charge in [-0.05, 0) is 31.7 Å². The molecule has 0 unspecified atom stereocenters. The Balaban J connectivity index is 1.37. The minimum absolute atomic E-state index is 0.135. The Bertz CT molecular complexity index is 788. The third kappa shape index (κ3) is 3.54. The van der Waals surface area contributed by atoms with Crippen LogP contribution in [0.5, 0.6) is 0 Å². The number of nitrogens with zero attached hydrogens (tertiary/aromatic N) is 3. The van der Waals surface area contributed by atoms with E-state index in [4.69, 9.17) is 4.52 Å². The van der Waals surface area contributed by atoms with Gasteiger partial charge in [0.2, 0.25) is 0 Å². The van der Waals surface area contributed by atoms with Crippen LogP contribution in [0.25, 0.3) is 0 Å². The molecule has 6 nitrogen and oxygen atoms in total. The van der Waals surface area contributed by atoms with E-state index < -0.39 is 17.8 Å². The van der Waals surface area contributed by atoms with E-state index in [1.165, 1.54) is 4.68 Å². The summed E-state index contributed by atoms with van der Waals surface area (Å²) in [6.45, 7) is 0.351. The van der Waals surface area contributed by atoms with Crippen LogP contribution in [0.3, 0.4) is 0 Å². The smallest absolute Gasteiger partial charge is 0.360 e. The van der Waals surface area contributed by atoms with E-state index in [1.54, 1.807) is 6.07 Å². The molecular formula is C16H17F3N4O2. The van der Waals surface area contributed by atoms with Crippen LogP contribution in [0, 0.1) is 0 Å². The third-order valence-electron chi connectivity index (χ3n) is 4.45. The van der Waals surface area contributed by atoms with Gasteiger partial charge in [-0.15, -0.1) is 0 Å². The molecule has 0 bridgehead atoms. The first-order valence-electron chi connectivity index (χ1n) is 8.31. The van der Waals surface area contributed by atoms with Gasteiger partial charge in [-0.3, -0.25) is 9.48 Å². The largest absolute Gasteiger partial charge is 0.435 e. The summed E-state index contributed by atoms with van der Waals surface area (Å²) in [5.74, 6) is 0.811. The van der Waals surface area contributed by atoms with E-state index in [2.05, 4.69) is 15.6 Å². The number of carbonyl (C=O) groups excluding carboxylic acids is 1. The van der Waals surface area contributed by atoms with Crippen molar-refractivity contribution in [3.63, 3.8) is 0 Å². The molecule has 0 aliphatic heterocycles. The van der Waals surface area contributed by atoms with Gasteiger partial charge in [-0.25, -0.2) is 0 Å². The summed E-state index contributed by atoms with van der Waals surface area (Å²) in [4.78, 5) is 12.0. The number of nitrogens with one attached hydrogen (secondary N) is 1. The van der Waals surface area contributed by atoms with Crippen LogP contribution in [0.15, 0.2) is 16.7 Å². The van der Waals surface area contributed by atoms with Crippen molar-refractivity contribution >= 4 is 5.91 Å². The molecule has 4 rings (SSSR count). The Morgan fingerprint density at radius 2 is 1.96 bits per heavy atom. The molecule has 2 fully saturated rings. The SMILES string of the molecule is O=C(NCCn1nc(C(F)(F)F)cc1C1CC1)c1cc(C2CC2)on1. The van der Waals surface area contributed by atoms with Crippen molar-refractivity contribution in [1.82, 2.24) is 20.3 Å². The van der Waals surface area contributed by atoms with Crippen LogP contribution < -0.4 is 5.32 Å². The van der Waals surface area contributed by atoms with Crippen LogP contribution in [0.4, 0.5) is 13.2 Å². The molecule has 0 aromatic carbocycles. The fourth-order valence-electron chi connectivity index (χ4n) is 2.78. The number of halogens is 3. The number of carbonyl (C=O) groups is 1. The summed E-state index contributed by atoms with van der Waals surface area (Å²) in [5, 5.41) is 10.0. The van der Waals surface area contributed by atoms with Gasteiger partial charge in [0.15, 0.2) is 11.4 Å². The molecule has 0 spiro atoms. The van der Waals surface area contributed by atoms with Crippen molar-refractivity contribution in [2.45, 2.75) is 50.2 Å². The molecule has 9 heteroatoms. The summed E-state index contributed by atoms with van der Waals surface area (Å²) < 4.78 is 45.0. The van der Waals surface area contributed by atoms with E-state index in [0.717, 1.165) is 31.7 Å². The predicted molar refractivity (Wildman–Crippen MR) is 80.0 cm³/mol. The number of amides is 1. The highest BCUT2D eigenvalue weighted by Gasteiger charge is 2.37. The third-order valence-corrected chi connectivity index (χ3v) is 4.45. The standard InChI is InChI=1S/C16H17F3N4O2/c17-16(18,19)14-8-12(9-1-2-9)23(21-14)6-5-20-15(24)11-7-13(25-22-11)10-3-4-10/h7-10H,1-6H2,(H,20,24). The summed E-state index contributed by atoms with van der Waals surface area (Å²) in [6.07, 6.45) is -0.628. The van der Waals surface area contributed by atoms with Gasteiger partial charge in [0.1, 0.15) is 5.76 Å². The highest BCUT2D eigenvalue weighted by molar-refractivity contribution is 5.92. The second-order valence-corrected chi connectivity index (χ2v) is 6.59. The first-order chi connectivity index (χ1) is 11.9. The van der Waals surface area contributed by atoms with Gasteiger partial charge in [0.05, 0.1) is 6.54 Å². The zero-order valence-corrected chi connectivity index (χ0v) is 13.3. The van der Waals surface area contributed by atoms with Gasteiger partial charge < -0.3 is 9.84 Å². The van der Waals surface area contributed by atoms with Crippen molar-refractivity contribution in [3.8, 4) is 0 Å². The molecular weight excluding hydrogens is 337 g/mol. The second kappa shape index (κ2) is 5.89. The summed E-state index contributed by atoms with van der Waals surface area (Å²) in [5.41, 5.74) is -0.105. The molecule has 2 aromatic heterocycles. The average Bonchev–Trinajstić information content (AvgIpc) is 3.49. The molecule has 2 aliphatic carbocycles. The second-order valence-electron chi connectivity index (χ2n) is 6.59. The highest BCUT2D eigenvalue weighted by atomic mass is 19.4. The lowest BCUT2D eigenvalue weighted by molar-refractivity contribution is -0.141.